The van der Waals surface area contributed by atoms with Crippen LogP contribution in [-0.2, 0) is 21.7 Å². The Morgan fingerprint density at radius 2 is 1.50 bits per heavy atom. The Morgan fingerprint density at radius 3 is 1.97 bits per heavy atom. The van der Waals surface area contributed by atoms with Crippen molar-refractivity contribution in [3.05, 3.63) is 64.2 Å². The number of ether oxygens (including phenoxy) is 1. The van der Waals surface area contributed by atoms with Gasteiger partial charge < -0.3 is 14.9 Å². The zero-order chi connectivity index (χ0) is 25.7. The molecule has 2 N–H and O–H groups in total. The molecule has 0 spiro atoms. The van der Waals surface area contributed by atoms with Crippen molar-refractivity contribution in [1.29, 1.82) is 0 Å². The average molecular weight is 491 g/mol. The average Bonchev–Trinajstić information content (AvgIpc) is 2.78. The van der Waals surface area contributed by atoms with Crippen molar-refractivity contribution < 1.29 is 23.4 Å². The summed E-state index contributed by atoms with van der Waals surface area (Å²) in [6.07, 6.45) is 1.46. The maximum atomic E-state index is 12.6. The molecule has 2 aromatic carbocycles. The molecule has 0 bridgehead atoms. The summed E-state index contributed by atoms with van der Waals surface area (Å²) in [5, 5.41) is 18.6. The van der Waals surface area contributed by atoms with E-state index in [2.05, 4.69) is 51.1 Å². The van der Waals surface area contributed by atoms with Crippen LogP contribution in [-0.4, -0.2) is 48.4 Å². The van der Waals surface area contributed by atoms with Crippen molar-refractivity contribution in [3.8, 4) is 5.75 Å². The van der Waals surface area contributed by atoms with Crippen molar-refractivity contribution in [2.75, 3.05) is 19.0 Å². The minimum absolute atomic E-state index is 0.0506. The molecule has 6 heteroatoms. The van der Waals surface area contributed by atoms with Gasteiger partial charge in [-0.3, -0.25) is 0 Å². The first-order valence-electron chi connectivity index (χ1n) is 12.2. The first-order valence-corrected chi connectivity index (χ1v) is 13.8. The van der Waals surface area contributed by atoms with Crippen molar-refractivity contribution in [1.82, 2.24) is 0 Å². The second kappa shape index (κ2) is 11.2. The Labute approximate surface area is 206 Å². The molecule has 0 aliphatic rings. The fourth-order valence-corrected chi connectivity index (χ4v) is 5.51. The topological polar surface area (TPSA) is 83.8 Å². The number of aliphatic hydroxyl groups excluding tert-OH is 2. The minimum atomic E-state index is -3.17. The molecule has 1 atom stereocenters. The minimum Gasteiger partial charge on any atom is -0.491 e. The van der Waals surface area contributed by atoms with E-state index in [1.807, 2.05) is 13.0 Å². The van der Waals surface area contributed by atoms with E-state index in [0.29, 0.717) is 12.2 Å². The number of hydrogen-bond acceptors (Lipinski definition) is 5. The lowest BCUT2D eigenvalue weighted by Crippen LogP contribution is -2.31. The first kappa shape index (κ1) is 28.3. The fourth-order valence-electron chi connectivity index (χ4n) is 4.41. The van der Waals surface area contributed by atoms with Crippen LogP contribution in [0.25, 0.3) is 0 Å². The number of rotatable bonds is 11. The Morgan fingerprint density at radius 1 is 0.941 bits per heavy atom. The number of sulfone groups is 1. The molecule has 2 rings (SSSR count). The van der Waals surface area contributed by atoms with Crippen LogP contribution in [0.15, 0.2) is 36.4 Å². The quantitative estimate of drug-likeness (QED) is 0.468. The second-order valence-electron chi connectivity index (χ2n) is 10.2. The van der Waals surface area contributed by atoms with E-state index < -0.39 is 20.7 Å². The molecule has 190 valence electrons. The smallest absolute Gasteiger partial charge is 0.155 e. The molecule has 0 fully saturated rings. The predicted octanol–water partition coefficient (Wildman–Crippen LogP) is 4.90. The highest BCUT2D eigenvalue weighted by Gasteiger charge is 2.32. The molecule has 0 saturated carbocycles. The van der Waals surface area contributed by atoms with Crippen LogP contribution in [0.2, 0.25) is 0 Å². The van der Waals surface area contributed by atoms with Crippen LogP contribution in [0.3, 0.4) is 0 Å². The molecule has 0 amide bonds. The largest absolute Gasteiger partial charge is 0.491 e. The predicted molar refractivity (Wildman–Crippen MR) is 140 cm³/mol. The number of hydrogen-bond donors (Lipinski definition) is 2. The van der Waals surface area contributed by atoms with Gasteiger partial charge in [-0.2, -0.15) is 0 Å². The molecule has 1 unspecified atom stereocenters. The number of benzene rings is 2. The van der Waals surface area contributed by atoms with Gasteiger partial charge in [0.05, 0.1) is 17.1 Å². The first-order chi connectivity index (χ1) is 15.8. The number of aryl methyl sites for hydroxylation is 3. The fraction of sp³-hybridized carbons (Fsp3) is 0.571. The summed E-state index contributed by atoms with van der Waals surface area (Å²) in [5.74, 6) is 0.846. The van der Waals surface area contributed by atoms with Crippen LogP contribution in [0, 0.1) is 13.8 Å². The summed E-state index contributed by atoms with van der Waals surface area (Å²) in [4.78, 5) is 0. The maximum Gasteiger partial charge on any atom is 0.155 e. The van der Waals surface area contributed by atoms with E-state index in [9.17, 15) is 13.5 Å². The third kappa shape index (κ3) is 6.21. The highest BCUT2D eigenvalue weighted by Crippen LogP contribution is 2.41. The highest BCUT2D eigenvalue weighted by atomic mass is 32.2. The van der Waals surface area contributed by atoms with Crippen LogP contribution < -0.4 is 4.74 Å². The van der Waals surface area contributed by atoms with Crippen LogP contribution in [0.1, 0.15) is 75.3 Å². The Kier molecular flexibility index (Phi) is 9.37. The van der Waals surface area contributed by atoms with Gasteiger partial charge in [-0.15, -0.1) is 0 Å². The molecule has 5 nitrogen and oxygen atoms in total. The van der Waals surface area contributed by atoms with Crippen molar-refractivity contribution in [3.63, 3.8) is 0 Å². The van der Waals surface area contributed by atoms with Gasteiger partial charge in [0, 0.05) is 5.41 Å². The van der Waals surface area contributed by atoms with Gasteiger partial charge in [0.1, 0.15) is 18.5 Å². The van der Waals surface area contributed by atoms with E-state index in [0.717, 1.165) is 29.5 Å². The van der Waals surface area contributed by atoms with E-state index in [1.54, 1.807) is 20.8 Å². The second-order valence-corrected chi connectivity index (χ2v) is 13.1. The SMILES string of the molecule is CCC(CC)(c1ccc(CCS(=O)(=O)C(C)(C)C)c(C)c1)c1ccc(OCC(O)CO)c(C)c1. The van der Waals surface area contributed by atoms with Crippen molar-refractivity contribution in [2.45, 2.75) is 84.0 Å². The maximum absolute atomic E-state index is 12.6. The zero-order valence-electron chi connectivity index (χ0n) is 21.8. The molecule has 0 radical (unpaired) electrons. The summed E-state index contributed by atoms with van der Waals surface area (Å²) in [7, 11) is -3.17. The zero-order valence-corrected chi connectivity index (χ0v) is 22.6. The lowest BCUT2D eigenvalue weighted by atomic mass is 9.70. The highest BCUT2D eigenvalue weighted by molar-refractivity contribution is 7.92. The van der Waals surface area contributed by atoms with Crippen LogP contribution in [0.4, 0.5) is 0 Å². The van der Waals surface area contributed by atoms with Gasteiger partial charge in [-0.25, -0.2) is 8.42 Å². The van der Waals surface area contributed by atoms with E-state index in [4.69, 9.17) is 9.84 Å². The van der Waals surface area contributed by atoms with Gasteiger partial charge in [0.15, 0.2) is 9.84 Å². The Bertz CT molecular complexity index is 1060. The van der Waals surface area contributed by atoms with Crippen molar-refractivity contribution in [2.24, 2.45) is 0 Å². The molecular formula is C28H42O5S. The molecule has 0 saturated heterocycles. The van der Waals surface area contributed by atoms with E-state index in [-0.39, 0.29) is 24.4 Å². The van der Waals surface area contributed by atoms with Crippen molar-refractivity contribution >= 4 is 9.84 Å². The number of aliphatic hydroxyl groups is 2. The van der Waals surface area contributed by atoms with Gasteiger partial charge >= 0.3 is 0 Å². The van der Waals surface area contributed by atoms with Gasteiger partial charge in [0.2, 0.25) is 0 Å². The Hall–Kier alpha value is -1.89. The van der Waals surface area contributed by atoms with E-state index >= 15 is 0 Å². The summed E-state index contributed by atoms with van der Waals surface area (Å²) < 4.78 is 30.1. The molecule has 34 heavy (non-hydrogen) atoms. The van der Waals surface area contributed by atoms with Gasteiger partial charge in [-0.05, 0) is 87.8 Å². The molecule has 0 heterocycles. The molecular weight excluding hydrogens is 448 g/mol. The van der Waals surface area contributed by atoms with Crippen LogP contribution in [0.5, 0.6) is 5.75 Å². The third-order valence-electron chi connectivity index (χ3n) is 7.04. The molecule has 0 aliphatic carbocycles. The molecule has 0 aliphatic heterocycles. The summed E-state index contributed by atoms with van der Waals surface area (Å²) in [6.45, 7) is 13.4. The monoisotopic (exact) mass is 490 g/mol. The summed E-state index contributed by atoms with van der Waals surface area (Å²) >= 11 is 0. The molecule has 2 aromatic rings. The Balaban J connectivity index is 2.35. The van der Waals surface area contributed by atoms with E-state index in [1.165, 1.54) is 11.1 Å². The summed E-state index contributed by atoms with van der Waals surface area (Å²) in [5.41, 5.74) is 5.42. The lowest BCUT2D eigenvalue weighted by Gasteiger charge is -2.34. The lowest BCUT2D eigenvalue weighted by molar-refractivity contribution is 0.0534. The summed E-state index contributed by atoms with van der Waals surface area (Å²) in [6, 6.07) is 12.6. The van der Waals surface area contributed by atoms with Gasteiger partial charge in [-0.1, -0.05) is 44.2 Å². The normalized spacial score (nSPS) is 13.7. The van der Waals surface area contributed by atoms with Crippen LogP contribution >= 0.6 is 0 Å². The van der Waals surface area contributed by atoms with Gasteiger partial charge in [0.25, 0.3) is 0 Å². The third-order valence-corrected chi connectivity index (χ3v) is 9.65. The standard InChI is InChI=1S/C28H42O5S/c1-8-28(9-2,24-12-13-26(21(4)17-24)33-19-25(30)18-29)23-11-10-22(20(3)16-23)14-15-34(31,32)27(5,6)7/h10-13,16-17,25,29-30H,8-9,14-15,18-19H2,1-7H3. The molecule has 0 aromatic heterocycles.